The van der Waals surface area contributed by atoms with E-state index in [9.17, 15) is 0 Å². The van der Waals surface area contributed by atoms with Gasteiger partial charge >= 0.3 is 0 Å². The minimum atomic E-state index is -0.00164. The predicted octanol–water partition coefficient (Wildman–Crippen LogP) is 1.79. The molecule has 0 spiro atoms. The van der Waals surface area contributed by atoms with Crippen LogP contribution in [0.25, 0.3) is 0 Å². The number of nitrogens with zero attached hydrogens (tertiary/aromatic N) is 2. The highest BCUT2D eigenvalue weighted by atomic mass is 14.9. The Hall–Kier alpha value is -1.22. The van der Waals surface area contributed by atoms with Crippen LogP contribution in [0.2, 0.25) is 0 Å². The minimum absolute atomic E-state index is 0.00164. The van der Waals surface area contributed by atoms with E-state index in [1.807, 2.05) is 24.5 Å². The first kappa shape index (κ1) is 9.04. The van der Waals surface area contributed by atoms with Gasteiger partial charge in [0.1, 0.15) is 0 Å². The lowest BCUT2D eigenvalue weighted by Gasteiger charge is -2.36. The van der Waals surface area contributed by atoms with E-state index >= 15 is 0 Å². The van der Waals surface area contributed by atoms with Crippen LogP contribution in [0.1, 0.15) is 25.5 Å². The first-order valence-corrected chi connectivity index (χ1v) is 5.48. The molecule has 0 saturated heterocycles. The van der Waals surface area contributed by atoms with Crippen molar-refractivity contribution >= 4 is 11.9 Å². The fourth-order valence-corrected chi connectivity index (χ4v) is 2.54. The number of fused-ring (bicyclic) bond motifs is 1. The Balaban J connectivity index is 2.17. The first-order valence-electron chi connectivity index (χ1n) is 5.48. The van der Waals surface area contributed by atoms with Gasteiger partial charge in [0.25, 0.3) is 0 Å². The number of aliphatic imine (C=N–C) groups is 1. The number of aromatic nitrogens is 1. The van der Waals surface area contributed by atoms with E-state index in [0.29, 0.717) is 5.92 Å². The highest BCUT2D eigenvalue weighted by molar-refractivity contribution is 5.76. The monoisotopic (exact) mass is 201 g/mol. The largest absolute Gasteiger partial charge is 0.322 e. The topological polar surface area (TPSA) is 51.3 Å². The summed E-state index contributed by atoms with van der Waals surface area (Å²) in [5.41, 5.74) is 8.26. The molecule has 1 aromatic rings. The lowest BCUT2D eigenvalue weighted by Crippen LogP contribution is -2.48. The second-order valence-electron chi connectivity index (χ2n) is 4.73. The zero-order valence-corrected chi connectivity index (χ0v) is 8.85. The Morgan fingerprint density at radius 1 is 1.47 bits per heavy atom. The van der Waals surface area contributed by atoms with Gasteiger partial charge in [-0.1, -0.05) is 6.92 Å². The van der Waals surface area contributed by atoms with Crippen molar-refractivity contribution in [1.82, 2.24) is 4.98 Å². The Labute approximate surface area is 89.4 Å². The van der Waals surface area contributed by atoms with Crippen LogP contribution in [-0.2, 0) is 5.41 Å². The molecule has 0 radical (unpaired) electrons. The Bertz CT molecular complexity index is 423. The molecule has 2 atom stereocenters. The summed E-state index contributed by atoms with van der Waals surface area (Å²) in [6.45, 7) is 2.23. The Morgan fingerprint density at radius 3 is 3.00 bits per heavy atom. The summed E-state index contributed by atoms with van der Waals surface area (Å²) in [6.07, 6.45) is 6.26. The molecule has 15 heavy (non-hydrogen) atoms. The minimum Gasteiger partial charge on any atom is -0.322 e. The van der Waals surface area contributed by atoms with Crippen LogP contribution >= 0.6 is 0 Å². The van der Waals surface area contributed by atoms with Crippen LogP contribution < -0.4 is 5.73 Å². The summed E-state index contributed by atoms with van der Waals surface area (Å²) < 4.78 is 0. The molecule has 2 N–H and O–H groups in total. The van der Waals surface area contributed by atoms with Crippen LogP contribution in [0.3, 0.4) is 0 Å². The average molecular weight is 201 g/mol. The van der Waals surface area contributed by atoms with Crippen molar-refractivity contribution in [1.29, 1.82) is 0 Å². The molecule has 0 amide bonds. The zero-order valence-electron chi connectivity index (χ0n) is 8.85. The van der Waals surface area contributed by atoms with Crippen molar-refractivity contribution in [2.75, 3.05) is 0 Å². The van der Waals surface area contributed by atoms with Gasteiger partial charge in [0.2, 0.25) is 0 Å². The molecule has 1 aromatic heterocycles. The smallest absolute Gasteiger partial charge is 0.0848 e. The van der Waals surface area contributed by atoms with Gasteiger partial charge in [0.15, 0.2) is 0 Å². The van der Waals surface area contributed by atoms with Gasteiger partial charge in [-0.05, 0) is 30.9 Å². The van der Waals surface area contributed by atoms with Crippen LogP contribution in [0.5, 0.6) is 0 Å². The average Bonchev–Trinajstić information content (AvgIpc) is 3.08. The van der Waals surface area contributed by atoms with Crippen LogP contribution in [0.4, 0.5) is 5.69 Å². The molecular formula is C12H15N3. The normalized spacial score (nSPS) is 33.9. The van der Waals surface area contributed by atoms with E-state index in [2.05, 4.69) is 16.9 Å². The van der Waals surface area contributed by atoms with E-state index in [-0.39, 0.29) is 11.5 Å². The first-order chi connectivity index (χ1) is 7.23. The zero-order chi connectivity index (χ0) is 10.5. The molecule has 3 nitrogen and oxygen atoms in total. The third-order valence-corrected chi connectivity index (χ3v) is 3.79. The lowest BCUT2D eigenvalue weighted by molar-refractivity contribution is 0.371. The fourth-order valence-electron chi connectivity index (χ4n) is 2.54. The van der Waals surface area contributed by atoms with Crippen LogP contribution in [0, 0.1) is 5.92 Å². The molecule has 2 unspecified atom stereocenters. The Morgan fingerprint density at radius 2 is 2.27 bits per heavy atom. The number of hydrogen-bond donors (Lipinski definition) is 1. The molecule has 1 saturated carbocycles. The summed E-state index contributed by atoms with van der Waals surface area (Å²) >= 11 is 0. The van der Waals surface area contributed by atoms with Gasteiger partial charge < -0.3 is 5.73 Å². The highest BCUT2D eigenvalue weighted by Crippen LogP contribution is 2.51. The van der Waals surface area contributed by atoms with Gasteiger partial charge in [0.05, 0.1) is 17.4 Å². The second kappa shape index (κ2) is 2.89. The molecule has 3 heteroatoms. The van der Waals surface area contributed by atoms with Crippen molar-refractivity contribution in [2.45, 2.75) is 31.2 Å². The maximum absolute atomic E-state index is 6.18. The molecule has 2 heterocycles. The summed E-state index contributed by atoms with van der Waals surface area (Å²) in [5.74, 6) is 0.688. The van der Waals surface area contributed by atoms with E-state index in [0.717, 1.165) is 11.4 Å². The molecule has 1 aliphatic carbocycles. The SMILES string of the molecule is CC1(C2CC2)c2ncccc2N=CC1N. The molecule has 78 valence electrons. The molecule has 1 fully saturated rings. The maximum atomic E-state index is 6.18. The van der Waals surface area contributed by atoms with Gasteiger partial charge in [-0.15, -0.1) is 0 Å². The third kappa shape index (κ3) is 1.16. The number of nitrogens with two attached hydrogens (primary N) is 1. The van der Waals surface area contributed by atoms with Crippen molar-refractivity contribution in [2.24, 2.45) is 16.6 Å². The van der Waals surface area contributed by atoms with Gasteiger partial charge in [-0.3, -0.25) is 9.98 Å². The molecule has 1 aliphatic heterocycles. The predicted molar refractivity (Wildman–Crippen MR) is 60.4 cm³/mol. The number of hydrogen-bond acceptors (Lipinski definition) is 3. The van der Waals surface area contributed by atoms with Gasteiger partial charge in [0, 0.05) is 17.8 Å². The van der Waals surface area contributed by atoms with Gasteiger partial charge in [-0.2, -0.15) is 0 Å². The summed E-state index contributed by atoms with van der Waals surface area (Å²) in [6, 6.07) is 3.96. The van der Waals surface area contributed by atoms with E-state index in [1.165, 1.54) is 12.8 Å². The molecule has 2 aliphatic rings. The van der Waals surface area contributed by atoms with Crippen molar-refractivity contribution in [3.8, 4) is 0 Å². The van der Waals surface area contributed by atoms with Crippen molar-refractivity contribution < 1.29 is 0 Å². The van der Waals surface area contributed by atoms with Crippen LogP contribution in [-0.4, -0.2) is 17.2 Å². The van der Waals surface area contributed by atoms with E-state index in [1.54, 1.807) is 0 Å². The summed E-state index contributed by atoms with van der Waals surface area (Å²) in [5, 5.41) is 0. The fraction of sp³-hybridized carbons (Fsp3) is 0.500. The number of pyridine rings is 1. The maximum Gasteiger partial charge on any atom is 0.0848 e. The third-order valence-electron chi connectivity index (χ3n) is 3.79. The van der Waals surface area contributed by atoms with Crippen molar-refractivity contribution in [3.63, 3.8) is 0 Å². The molecule has 3 rings (SSSR count). The van der Waals surface area contributed by atoms with Crippen LogP contribution in [0.15, 0.2) is 23.3 Å². The lowest BCUT2D eigenvalue weighted by atomic mass is 9.73. The van der Waals surface area contributed by atoms with Gasteiger partial charge in [-0.25, -0.2) is 0 Å². The summed E-state index contributed by atoms with van der Waals surface area (Å²) in [7, 11) is 0. The second-order valence-corrected chi connectivity index (χ2v) is 4.73. The molecule has 0 bridgehead atoms. The molecule has 0 aromatic carbocycles. The van der Waals surface area contributed by atoms with E-state index in [4.69, 9.17) is 5.73 Å². The quantitative estimate of drug-likeness (QED) is 0.753. The standard InChI is InChI=1S/C12H15N3/c1-12(8-4-5-8)10(13)7-15-9-3-2-6-14-11(9)12/h2-3,6-8,10H,4-5,13H2,1H3. The molecular weight excluding hydrogens is 186 g/mol. The van der Waals surface area contributed by atoms with Crippen molar-refractivity contribution in [3.05, 3.63) is 24.0 Å². The Kier molecular flexibility index (Phi) is 1.74. The number of rotatable bonds is 1. The highest BCUT2D eigenvalue weighted by Gasteiger charge is 2.49. The van der Waals surface area contributed by atoms with E-state index < -0.39 is 0 Å². The summed E-state index contributed by atoms with van der Waals surface area (Å²) in [4.78, 5) is 8.86.